The Morgan fingerprint density at radius 2 is 1.60 bits per heavy atom. The van der Waals surface area contributed by atoms with Crippen LogP contribution in [0.15, 0.2) is 42.5 Å². The molecule has 1 aliphatic rings. The Morgan fingerprint density at radius 3 is 2.17 bits per heavy atom. The predicted octanol–water partition coefficient (Wildman–Crippen LogP) is 3.86. The van der Waals surface area contributed by atoms with E-state index in [4.69, 9.17) is 14.4 Å². The van der Waals surface area contributed by atoms with Crippen molar-refractivity contribution in [2.75, 3.05) is 43.5 Å². The van der Waals surface area contributed by atoms with Crippen LogP contribution < -0.4 is 19.8 Å². The first kappa shape index (κ1) is 25.7. The van der Waals surface area contributed by atoms with Crippen molar-refractivity contribution < 1.29 is 33.6 Å². The van der Waals surface area contributed by atoms with Crippen molar-refractivity contribution in [1.82, 2.24) is 4.90 Å². The molecule has 1 saturated heterocycles. The van der Waals surface area contributed by atoms with Gasteiger partial charge in [-0.25, -0.2) is 9.59 Å². The molecule has 0 spiro atoms. The lowest BCUT2D eigenvalue weighted by molar-refractivity contribution is -0.210. The summed E-state index contributed by atoms with van der Waals surface area (Å²) in [5, 5.41) is 2.75. The van der Waals surface area contributed by atoms with E-state index < -0.39 is 11.6 Å². The van der Waals surface area contributed by atoms with Gasteiger partial charge in [0.1, 0.15) is 11.4 Å². The van der Waals surface area contributed by atoms with Gasteiger partial charge in [0.15, 0.2) is 0 Å². The second kappa shape index (κ2) is 11.0. The zero-order valence-corrected chi connectivity index (χ0v) is 20.6. The Kier molecular flexibility index (Phi) is 8.06. The average molecular weight is 486 g/mol. The van der Waals surface area contributed by atoms with Gasteiger partial charge in [-0.2, -0.15) is 0 Å². The van der Waals surface area contributed by atoms with Gasteiger partial charge in [-0.05, 0) is 57.2 Å². The van der Waals surface area contributed by atoms with Crippen LogP contribution in [0, 0.1) is 0 Å². The molecule has 2 aromatic rings. The van der Waals surface area contributed by atoms with Gasteiger partial charge in [0, 0.05) is 50.4 Å². The topological polar surface area (TPSA) is 107 Å². The number of anilines is 2. The van der Waals surface area contributed by atoms with Gasteiger partial charge >= 0.3 is 12.1 Å². The van der Waals surface area contributed by atoms with Crippen LogP contribution in [0.3, 0.4) is 0 Å². The number of benzene rings is 2. The summed E-state index contributed by atoms with van der Waals surface area (Å²) in [5.74, 6) is -0.335. The number of carbonyl (C=O) groups excluding carboxylic acids is 3. The van der Waals surface area contributed by atoms with Crippen LogP contribution in [-0.2, 0) is 14.4 Å². The molecular weight excluding hydrogens is 454 g/mol. The number of nitrogens with zero attached hydrogens (tertiary/aromatic N) is 2. The number of carbonyl (C=O) groups is 3. The molecule has 1 aliphatic heterocycles. The Balaban J connectivity index is 1.62. The minimum atomic E-state index is -0.624. The van der Waals surface area contributed by atoms with Gasteiger partial charge in [-0.3, -0.25) is 14.6 Å². The maximum atomic E-state index is 12.8. The highest BCUT2D eigenvalue weighted by Gasteiger charge is 2.26. The standard InChI is InChI=1S/C25H31N3O7/c1-17(29)34-35-22-11-10-20(32-5)16-21(22)26-23(30)18-6-8-19(9-7-18)27-12-14-28(15-13-27)24(31)33-25(2,3)4/h6-11,16H,12-15H2,1-5H3,(H,26,30). The van der Waals surface area contributed by atoms with E-state index >= 15 is 0 Å². The number of ether oxygens (including phenoxy) is 2. The third kappa shape index (κ3) is 7.26. The number of rotatable bonds is 6. The lowest BCUT2D eigenvalue weighted by Gasteiger charge is -2.36. The van der Waals surface area contributed by atoms with E-state index in [1.165, 1.54) is 20.1 Å². The quantitative estimate of drug-likeness (QED) is 0.486. The number of hydrogen-bond donors (Lipinski definition) is 1. The molecule has 0 bridgehead atoms. The van der Waals surface area contributed by atoms with Crippen molar-refractivity contribution in [3.8, 4) is 11.5 Å². The molecule has 3 rings (SSSR count). The summed E-state index contributed by atoms with van der Waals surface area (Å²) in [6.45, 7) is 9.18. The highest BCUT2D eigenvalue weighted by atomic mass is 17.2. The summed E-state index contributed by atoms with van der Waals surface area (Å²) in [6.07, 6.45) is -0.307. The van der Waals surface area contributed by atoms with Gasteiger partial charge in [-0.1, -0.05) is 0 Å². The molecule has 2 amide bonds. The maximum Gasteiger partial charge on any atom is 0.410 e. The molecule has 0 saturated carbocycles. The van der Waals surface area contributed by atoms with E-state index in [2.05, 4.69) is 15.1 Å². The molecule has 35 heavy (non-hydrogen) atoms. The van der Waals surface area contributed by atoms with Gasteiger partial charge in [0.25, 0.3) is 5.91 Å². The van der Waals surface area contributed by atoms with Crippen LogP contribution in [0.2, 0.25) is 0 Å². The fourth-order valence-electron chi connectivity index (χ4n) is 3.40. The average Bonchev–Trinajstić information content (AvgIpc) is 2.82. The molecule has 1 N–H and O–H groups in total. The SMILES string of the molecule is COc1ccc(OOC(C)=O)c(NC(=O)c2ccc(N3CCN(C(=O)OC(C)(C)C)CC3)cc2)c1. The lowest BCUT2D eigenvalue weighted by Crippen LogP contribution is -2.50. The third-order valence-electron chi connectivity index (χ3n) is 5.11. The lowest BCUT2D eigenvalue weighted by atomic mass is 10.1. The Labute approximate surface area is 204 Å². The Morgan fingerprint density at radius 1 is 0.943 bits per heavy atom. The van der Waals surface area contributed by atoms with Crippen molar-refractivity contribution in [2.24, 2.45) is 0 Å². The highest BCUT2D eigenvalue weighted by molar-refractivity contribution is 6.05. The number of nitrogens with one attached hydrogen (secondary N) is 1. The molecular formula is C25H31N3O7. The van der Waals surface area contributed by atoms with Crippen LogP contribution in [-0.4, -0.2) is 61.8 Å². The van der Waals surface area contributed by atoms with Crippen LogP contribution in [0.4, 0.5) is 16.2 Å². The van der Waals surface area contributed by atoms with Crippen molar-refractivity contribution in [1.29, 1.82) is 0 Å². The van der Waals surface area contributed by atoms with E-state index in [1.54, 1.807) is 29.2 Å². The molecule has 188 valence electrons. The molecule has 1 fully saturated rings. The van der Waals surface area contributed by atoms with Crippen molar-refractivity contribution in [3.63, 3.8) is 0 Å². The summed E-state index contributed by atoms with van der Waals surface area (Å²) in [5.41, 5.74) is 1.15. The van der Waals surface area contributed by atoms with Crippen LogP contribution in [0.1, 0.15) is 38.1 Å². The highest BCUT2D eigenvalue weighted by Crippen LogP contribution is 2.30. The van der Waals surface area contributed by atoms with E-state index in [-0.39, 0.29) is 23.4 Å². The minimum Gasteiger partial charge on any atom is -0.497 e. The summed E-state index contributed by atoms with van der Waals surface area (Å²) < 4.78 is 10.6. The molecule has 1 heterocycles. The first-order valence-electron chi connectivity index (χ1n) is 11.2. The number of hydrogen-bond acceptors (Lipinski definition) is 8. The van der Waals surface area contributed by atoms with E-state index in [9.17, 15) is 14.4 Å². The molecule has 0 aromatic heterocycles. The monoisotopic (exact) mass is 485 g/mol. The van der Waals surface area contributed by atoms with Crippen molar-refractivity contribution in [2.45, 2.75) is 33.3 Å². The second-order valence-corrected chi connectivity index (χ2v) is 8.98. The van der Waals surface area contributed by atoms with Gasteiger partial charge in [-0.15, -0.1) is 0 Å². The third-order valence-corrected chi connectivity index (χ3v) is 5.11. The fourth-order valence-corrected chi connectivity index (χ4v) is 3.40. The number of amides is 2. The summed E-state index contributed by atoms with van der Waals surface area (Å²) >= 11 is 0. The number of piperazine rings is 1. The molecule has 10 heteroatoms. The smallest absolute Gasteiger partial charge is 0.410 e. The molecule has 0 radical (unpaired) electrons. The second-order valence-electron chi connectivity index (χ2n) is 8.98. The van der Waals surface area contributed by atoms with Crippen LogP contribution in [0.5, 0.6) is 11.5 Å². The molecule has 10 nitrogen and oxygen atoms in total. The van der Waals surface area contributed by atoms with Crippen molar-refractivity contribution >= 4 is 29.3 Å². The normalized spacial score (nSPS) is 13.6. The molecule has 2 aromatic carbocycles. The Bertz CT molecular complexity index is 1060. The van der Waals surface area contributed by atoms with E-state index in [0.717, 1.165) is 5.69 Å². The zero-order valence-electron chi connectivity index (χ0n) is 20.6. The summed E-state index contributed by atoms with van der Waals surface area (Å²) in [4.78, 5) is 49.6. The van der Waals surface area contributed by atoms with Crippen LogP contribution in [0.25, 0.3) is 0 Å². The maximum absolute atomic E-state index is 12.8. The predicted molar refractivity (Wildman–Crippen MR) is 130 cm³/mol. The number of methoxy groups -OCH3 is 1. The first-order valence-corrected chi connectivity index (χ1v) is 11.2. The van der Waals surface area contributed by atoms with Gasteiger partial charge in [0.05, 0.1) is 12.8 Å². The van der Waals surface area contributed by atoms with Gasteiger partial charge in [0.2, 0.25) is 5.75 Å². The zero-order chi connectivity index (χ0) is 25.6. The fraction of sp³-hybridized carbons (Fsp3) is 0.400. The minimum absolute atomic E-state index is 0.161. The van der Waals surface area contributed by atoms with E-state index in [0.29, 0.717) is 37.5 Å². The summed E-state index contributed by atoms with van der Waals surface area (Å²) in [6, 6.07) is 11.9. The van der Waals surface area contributed by atoms with E-state index in [1.807, 2.05) is 32.9 Å². The molecule has 0 aliphatic carbocycles. The Hall–Kier alpha value is -3.95. The molecule has 0 atom stereocenters. The molecule has 0 unspecified atom stereocenters. The summed E-state index contributed by atoms with van der Waals surface area (Å²) in [7, 11) is 1.50. The van der Waals surface area contributed by atoms with Crippen LogP contribution >= 0.6 is 0 Å². The first-order chi connectivity index (χ1) is 16.6. The van der Waals surface area contributed by atoms with Gasteiger partial charge < -0.3 is 24.6 Å². The largest absolute Gasteiger partial charge is 0.497 e. The van der Waals surface area contributed by atoms with Crippen molar-refractivity contribution in [3.05, 3.63) is 48.0 Å².